The Balaban J connectivity index is 1.64. The highest BCUT2D eigenvalue weighted by molar-refractivity contribution is 5.91. The van der Waals surface area contributed by atoms with Crippen molar-refractivity contribution in [2.45, 2.75) is 37.4 Å². The molecule has 42 heavy (non-hydrogen) atoms. The quantitative estimate of drug-likeness (QED) is 0.201. The number of fused-ring (bicyclic) bond motifs is 1. The first-order chi connectivity index (χ1) is 20.5. The number of hydrogen-bond donors (Lipinski definition) is 0. The van der Waals surface area contributed by atoms with Crippen LogP contribution in [0.3, 0.4) is 0 Å². The molecule has 4 atom stereocenters. The zero-order chi connectivity index (χ0) is 29.1. The lowest BCUT2D eigenvalue weighted by Gasteiger charge is -2.51. The van der Waals surface area contributed by atoms with Crippen molar-refractivity contribution in [1.29, 1.82) is 0 Å². The van der Waals surface area contributed by atoms with Crippen molar-refractivity contribution in [3.05, 3.63) is 178 Å². The van der Waals surface area contributed by atoms with Gasteiger partial charge in [-0.2, -0.15) is 0 Å². The molecule has 4 nitrogen and oxygen atoms in total. The van der Waals surface area contributed by atoms with Gasteiger partial charge in [0.1, 0.15) is 6.10 Å². The minimum absolute atomic E-state index is 0.261. The summed E-state index contributed by atoms with van der Waals surface area (Å²) in [4.78, 5) is 27.6. The summed E-state index contributed by atoms with van der Waals surface area (Å²) in [6, 6.07) is 44.5. The molecule has 0 saturated heterocycles. The molecular weight excluding hydrogens is 520 g/mol. The maximum absolute atomic E-state index is 13.9. The molecule has 0 spiro atoms. The predicted molar refractivity (Wildman–Crippen MR) is 164 cm³/mol. The van der Waals surface area contributed by atoms with Gasteiger partial charge in [-0.1, -0.05) is 122 Å². The van der Waals surface area contributed by atoms with Gasteiger partial charge in [0, 0.05) is 5.92 Å². The highest BCUT2D eigenvalue weighted by Gasteiger charge is 2.57. The zero-order valence-electron chi connectivity index (χ0n) is 23.6. The summed E-state index contributed by atoms with van der Waals surface area (Å²) >= 11 is 0. The molecule has 0 saturated carbocycles. The highest BCUT2D eigenvalue weighted by Crippen LogP contribution is 2.54. The average Bonchev–Trinajstić information content (AvgIpc) is 3.05. The predicted octanol–water partition coefficient (Wildman–Crippen LogP) is 7.90. The van der Waals surface area contributed by atoms with E-state index in [1.807, 2.05) is 85.8 Å². The van der Waals surface area contributed by atoms with Crippen LogP contribution >= 0.6 is 0 Å². The number of carbonyl (C=O) groups excluding carboxylic acids is 2. The van der Waals surface area contributed by atoms with Gasteiger partial charge in [0.2, 0.25) is 0 Å². The number of ether oxygens (including phenoxy) is 2. The Morgan fingerprint density at radius 2 is 1.05 bits per heavy atom. The first-order valence-electron chi connectivity index (χ1n) is 14.2. The van der Waals surface area contributed by atoms with Crippen molar-refractivity contribution in [3.63, 3.8) is 0 Å². The van der Waals surface area contributed by atoms with Crippen molar-refractivity contribution in [1.82, 2.24) is 0 Å². The third-order valence-corrected chi connectivity index (χ3v) is 8.39. The molecule has 0 heterocycles. The molecular formula is C38H32O4. The lowest BCUT2D eigenvalue weighted by Crippen LogP contribution is -2.57. The van der Waals surface area contributed by atoms with Crippen molar-refractivity contribution in [2.24, 2.45) is 0 Å². The van der Waals surface area contributed by atoms with Crippen molar-refractivity contribution >= 4 is 11.9 Å². The Kier molecular flexibility index (Phi) is 7.45. The SMILES string of the molecule is Cc1ccccc1C1(c2ccccc2)c2ccccc2C(C)C(OC(=O)c2ccccc2)C1OC(=O)c1ccccc1. The minimum Gasteiger partial charge on any atom is -0.454 e. The van der Waals surface area contributed by atoms with Crippen LogP contribution < -0.4 is 0 Å². The van der Waals surface area contributed by atoms with Gasteiger partial charge in [0.15, 0.2) is 6.10 Å². The first-order valence-corrected chi connectivity index (χ1v) is 14.2. The summed E-state index contributed by atoms with van der Waals surface area (Å²) in [6.07, 6.45) is -1.67. The van der Waals surface area contributed by atoms with Crippen molar-refractivity contribution < 1.29 is 19.1 Å². The second-order valence-corrected chi connectivity index (χ2v) is 10.8. The van der Waals surface area contributed by atoms with Crippen LogP contribution in [0.25, 0.3) is 0 Å². The van der Waals surface area contributed by atoms with Crippen molar-refractivity contribution in [3.8, 4) is 0 Å². The van der Waals surface area contributed by atoms with Crippen LogP contribution in [0.1, 0.15) is 61.4 Å². The number of carbonyl (C=O) groups is 2. The van der Waals surface area contributed by atoms with Crippen LogP contribution in [-0.4, -0.2) is 24.1 Å². The maximum Gasteiger partial charge on any atom is 0.338 e. The standard InChI is InChI=1S/C38H32O4/c1-26-16-12-14-24-32(26)38(30-21-10-5-11-22-30)33-25-15-13-23-31(33)27(2)34(41-36(39)28-17-6-3-7-18-28)35(38)42-37(40)29-19-8-4-9-20-29/h3-25,27,34-35H,1-2H3. The molecule has 5 aromatic rings. The van der Waals surface area contributed by atoms with E-state index in [1.165, 1.54) is 0 Å². The lowest BCUT2D eigenvalue weighted by molar-refractivity contribution is -0.0655. The number of hydrogen-bond acceptors (Lipinski definition) is 4. The van der Waals surface area contributed by atoms with Gasteiger partial charge in [-0.15, -0.1) is 0 Å². The third kappa shape index (κ3) is 4.69. The molecule has 0 radical (unpaired) electrons. The van der Waals surface area contributed by atoms with E-state index < -0.39 is 29.6 Å². The van der Waals surface area contributed by atoms with Gasteiger partial charge >= 0.3 is 11.9 Å². The summed E-state index contributed by atoms with van der Waals surface area (Å²) in [5.74, 6) is -1.19. The number of benzene rings is 5. The molecule has 4 unspecified atom stereocenters. The average molecular weight is 553 g/mol. The minimum atomic E-state index is -0.970. The lowest BCUT2D eigenvalue weighted by atomic mass is 9.57. The van der Waals surface area contributed by atoms with Crippen LogP contribution in [-0.2, 0) is 14.9 Å². The molecule has 0 N–H and O–H groups in total. The zero-order valence-corrected chi connectivity index (χ0v) is 23.6. The Hall–Kier alpha value is -4.96. The topological polar surface area (TPSA) is 52.6 Å². The summed E-state index contributed by atoms with van der Waals surface area (Å²) in [5, 5.41) is 0. The first kappa shape index (κ1) is 27.2. The van der Waals surface area contributed by atoms with E-state index in [2.05, 4.69) is 43.3 Å². The van der Waals surface area contributed by atoms with E-state index in [9.17, 15) is 9.59 Å². The summed E-state index contributed by atoms with van der Waals surface area (Å²) < 4.78 is 13.0. The van der Waals surface area contributed by atoms with E-state index in [-0.39, 0.29) is 5.92 Å². The summed E-state index contributed by atoms with van der Waals surface area (Å²) in [5.41, 5.74) is 4.95. The summed E-state index contributed by atoms with van der Waals surface area (Å²) in [6.45, 7) is 4.11. The molecule has 0 aromatic heterocycles. The highest BCUT2D eigenvalue weighted by atomic mass is 16.6. The van der Waals surface area contributed by atoms with E-state index in [4.69, 9.17) is 9.47 Å². The summed E-state index contributed by atoms with van der Waals surface area (Å²) in [7, 11) is 0. The van der Waals surface area contributed by atoms with Crippen LogP contribution in [0.5, 0.6) is 0 Å². The number of esters is 2. The molecule has 0 bridgehead atoms. The fourth-order valence-electron chi connectivity index (χ4n) is 6.42. The molecule has 5 aromatic carbocycles. The largest absolute Gasteiger partial charge is 0.454 e. The molecule has 1 aliphatic carbocycles. The fourth-order valence-corrected chi connectivity index (χ4v) is 6.42. The third-order valence-electron chi connectivity index (χ3n) is 8.39. The van der Waals surface area contributed by atoms with Gasteiger partial charge in [-0.25, -0.2) is 9.59 Å². The van der Waals surface area contributed by atoms with E-state index >= 15 is 0 Å². The van der Waals surface area contributed by atoms with Gasteiger partial charge < -0.3 is 9.47 Å². The molecule has 4 heteroatoms. The Morgan fingerprint density at radius 3 is 1.64 bits per heavy atom. The molecule has 0 aliphatic heterocycles. The second kappa shape index (κ2) is 11.5. The smallest absolute Gasteiger partial charge is 0.338 e. The Morgan fingerprint density at radius 1 is 0.571 bits per heavy atom. The van der Waals surface area contributed by atoms with Gasteiger partial charge in [0.25, 0.3) is 0 Å². The number of aryl methyl sites for hydroxylation is 1. The maximum atomic E-state index is 13.9. The fraction of sp³-hybridized carbons (Fsp3) is 0.158. The van der Waals surface area contributed by atoms with E-state index in [1.54, 1.807) is 24.3 Å². The van der Waals surface area contributed by atoms with E-state index in [0.717, 1.165) is 27.8 Å². The normalized spacial score (nSPS) is 21.1. The molecule has 208 valence electrons. The van der Waals surface area contributed by atoms with Gasteiger partial charge in [-0.3, -0.25) is 0 Å². The van der Waals surface area contributed by atoms with Crippen LogP contribution in [0.4, 0.5) is 0 Å². The van der Waals surface area contributed by atoms with Crippen LogP contribution in [0.2, 0.25) is 0 Å². The van der Waals surface area contributed by atoms with Gasteiger partial charge in [-0.05, 0) is 59.0 Å². The Bertz CT molecular complexity index is 1700. The van der Waals surface area contributed by atoms with Crippen molar-refractivity contribution in [2.75, 3.05) is 0 Å². The second-order valence-electron chi connectivity index (χ2n) is 10.8. The monoisotopic (exact) mass is 552 g/mol. The Labute approximate surface area is 246 Å². The molecule has 0 amide bonds. The van der Waals surface area contributed by atoms with Gasteiger partial charge in [0.05, 0.1) is 16.5 Å². The molecule has 1 aliphatic rings. The number of rotatable bonds is 6. The van der Waals surface area contributed by atoms with Crippen LogP contribution in [0.15, 0.2) is 140 Å². The molecule has 0 fully saturated rings. The van der Waals surface area contributed by atoms with Crippen LogP contribution in [0, 0.1) is 6.92 Å². The molecule has 6 rings (SSSR count). The van der Waals surface area contributed by atoms with E-state index in [0.29, 0.717) is 11.1 Å².